The number of benzene rings is 1. The van der Waals surface area contributed by atoms with Crippen LogP contribution >= 0.6 is 11.3 Å². The molecular formula is C15H18FNOS. The Morgan fingerprint density at radius 3 is 2.89 bits per heavy atom. The van der Waals surface area contributed by atoms with Gasteiger partial charge in [0.2, 0.25) is 0 Å². The molecular weight excluding hydrogens is 261 g/mol. The van der Waals surface area contributed by atoms with Gasteiger partial charge in [0.25, 0.3) is 5.91 Å². The first kappa shape index (κ1) is 14.0. The van der Waals surface area contributed by atoms with E-state index in [1.54, 1.807) is 12.1 Å². The van der Waals surface area contributed by atoms with E-state index in [-0.39, 0.29) is 11.7 Å². The maximum absolute atomic E-state index is 13.5. The van der Waals surface area contributed by atoms with Crippen molar-refractivity contribution in [2.75, 3.05) is 6.54 Å². The Labute approximate surface area is 116 Å². The van der Waals surface area contributed by atoms with Crippen LogP contribution in [0.3, 0.4) is 0 Å². The fraction of sp³-hybridized carbons (Fsp3) is 0.400. The summed E-state index contributed by atoms with van der Waals surface area (Å²) in [7, 11) is 0. The first-order valence-corrected chi connectivity index (χ1v) is 7.50. The van der Waals surface area contributed by atoms with E-state index in [1.165, 1.54) is 30.2 Å². The number of fused-ring (bicyclic) bond motifs is 1. The maximum atomic E-state index is 13.5. The maximum Gasteiger partial charge on any atom is 0.261 e. The van der Waals surface area contributed by atoms with Crippen LogP contribution < -0.4 is 5.32 Å². The van der Waals surface area contributed by atoms with Gasteiger partial charge in [0.05, 0.1) is 4.88 Å². The lowest BCUT2D eigenvalue weighted by molar-refractivity contribution is 0.0957. The molecule has 2 rings (SSSR count). The zero-order valence-corrected chi connectivity index (χ0v) is 11.9. The highest BCUT2D eigenvalue weighted by molar-refractivity contribution is 7.20. The molecule has 0 spiro atoms. The van der Waals surface area contributed by atoms with Crippen LogP contribution in [-0.2, 0) is 0 Å². The second-order valence-electron chi connectivity index (χ2n) is 4.58. The fourth-order valence-corrected chi connectivity index (χ4v) is 2.97. The highest BCUT2D eigenvalue weighted by Gasteiger charge is 2.11. The number of carbonyl (C=O) groups is 1. The minimum atomic E-state index is -0.268. The van der Waals surface area contributed by atoms with Crippen LogP contribution in [-0.4, -0.2) is 12.5 Å². The van der Waals surface area contributed by atoms with E-state index >= 15 is 0 Å². The molecule has 1 aromatic heterocycles. The molecule has 0 atom stereocenters. The molecule has 0 saturated carbocycles. The third kappa shape index (κ3) is 3.53. The molecule has 0 saturated heterocycles. The molecule has 2 aromatic rings. The van der Waals surface area contributed by atoms with Gasteiger partial charge in [-0.3, -0.25) is 4.79 Å². The van der Waals surface area contributed by atoms with Gasteiger partial charge in [-0.2, -0.15) is 0 Å². The molecule has 1 N–H and O–H groups in total. The first-order valence-electron chi connectivity index (χ1n) is 6.68. The predicted octanol–water partition coefficient (Wildman–Crippen LogP) is 4.35. The standard InChI is InChI=1S/C15H18FNOS/c1-2-3-4-5-9-17-15(18)14-10-11-12(16)7-6-8-13(11)19-14/h6-8,10H,2-5,9H2,1H3,(H,17,18). The molecule has 1 amide bonds. The fourth-order valence-electron chi connectivity index (χ4n) is 1.98. The molecule has 0 aliphatic carbocycles. The van der Waals surface area contributed by atoms with Gasteiger partial charge in [0.1, 0.15) is 5.82 Å². The van der Waals surface area contributed by atoms with Gasteiger partial charge in [-0.05, 0) is 24.6 Å². The van der Waals surface area contributed by atoms with Crippen LogP contribution in [0.5, 0.6) is 0 Å². The topological polar surface area (TPSA) is 29.1 Å². The summed E-state index contributed by atoms with van der Waals surface area (Å²) in [5.74, 6) is -0.368. The molecule has 0 fully saturated rings. The Balaban J connectivity index is 1.96. The van der Waals surface area contributed by atoms with Crippen molar-refractivity contribution >= 4 is 27.3 Å². The Hall–Kier alpha value is -1.42. The van der Waals surface area contributed by atoms with Gasteiger partial charge in [-0.15, -0.1) is 11.3 Å². The summed E-state index contributed by atoms with van der Waals surface area (Å²) in [6.07, 6.45) is 4.52. The summed E-state index contributed by atoms with van der Waals surface area (Å²) in [5, 5.41) is 3.42. The second-order valence-corrected chi connectivity index (χ2v) is 5.66. The summed E-state index contributed by atoms with van der Waals surface area (Å²) in [6, 6.07) is 6.56. The minimum absolute atomic E-state index is 0.0999. The van der Waals surface area contributed by atoms with Crippen molar-refractivity contribution in [1.82, 2.24) is 5.32 Å². The third-order valence-corrected chi connectivity index (χ3v) is 4.15. The number of halogens is 1. The van der Waals surface area contributed by atoms with Crippen molar-refractivity contribution in [3.05, 3.63) is 35.0 Å². The van der Waals surface area contributed by atoms with E-state index in [2.05, 4.69) is 12.2 Å². The van der Waals surface area contributed by atoms with Crippen molar-refractivity contribution in [2.45, 2.75) is 32.6 Å². The number of nitrogens with one attached hydrogen (secondary N) is 1. The Kier molecular flexibility index (Phi) is 4.91. The first-order chi connectivity index (χ1) is 9.22. The van der Waals surface area contributed by atoms with Crippen LogP contribution in [0.15, 0.2) is 24.3 Å². The van der Waals surface area contributed by atoms with E-state index in [4.69, 9.17) is 0 Å². The minimum Gasteiger partial charge on any atom is -0.351 e. The van der Waals surface area contributed by atoms with E-state index in [0.717, 1.165) is 17.5 Å². The quantitative estimate of drug-likeness (QED) is 0.782. The normalized spacial score (nSPS) is 10.8. The number of thiophene rings is 1. The van der Waals surface area contributed by atoms with Crippen LogP contribution in [0.2, 0.25) is 0 Å². The average Bonchev–Trinajstić information content (AvgIpc) is 2.84. The number of hydrogen-bond donors (Lipinski definition) is 1. The van der Waals surface area contributed by atoms with E-state index in [9.17, 15) is 9.18 Å². The van der Waals surface area contributed by atoms with Crippen LogP contribution in [0, 0.1) is 5.82 Å². The van der Waals surface area contributed by atoms with Gasteiger partial charge < -0.3 is 5.32 Å². The van der Waals surface area contributed by atoms with Gasteiger partial charge >= 0.3 is 0 Å². The number of hydrogen-bond acceptors (Lipinski definition) is 2. The lowest BCUT2D eigenvalue weighted by Gasteiger charge is -2.02. The molecule has 2 nitrogen and oxygen atoms in total. The Morgan fingerprint density at radius 2 is 2.16 bits per heavy atom. The SMILES string of the molecule is CCCCCCNC(=O)c1cc2c(F)cccc2s1. The van der Waals surface area contributed by atoms with E-state index in [0.29, 0.717) is 16.8 Å². The molecule has 0 aliphatic heterocycles. The van der Waals surface area contributed by atoms with E-state index in [1.807, 2.05) is 6.07 Å². The highest BCUT2D eigenvalue weighted by atomic mass is 32.1. The smallest absolute Gasteiger partial charge is 0.261 e. The lowest BCUT2D eigenvalue weighted by Crippen LogP contribution is -2.23. The molecule has 1 heterocycles. The summed E-state index contributed by atoms with van der Waals surface area (Å²) in [4.78, 5) is 12.5. The summed E-state index contributed by atoms with van der Waals surface area (Å²) < 4.78 is 14.3. The Bertz CT molecular complexity index is 564. The number of amides is 1. The number of unbranched alkanes of at least 4 members (excludes halogenated alkanes) is 3. The summed E-state index contributed by atoms with van der Waals surface area (Å²) in [6.45, 7) is 2.85. The summed E-state index contributed by atoms with van der Waals surface area (Å²) in [5.41, 5.74) is 0. The van der Waals surface area contributed by atoms with E-state index < -0.39 is 0 Å². The molecule has 0 unspecified atom stereocenters. The van der Waals surface area contributed by atoms with Gasteiger partial charge in [-0.25, -0.2) is 4.39 Å². The van der Waals surface area contributed by atoms with Crippen molar-refractivity contribution in [3.63, 3.8) is 0 Å². The van der Waals surface area contributed by atoms with Gasteiger partial charge in [-0.1, -0.05) is 32.3 Å². The molecule has 102 valence electrons. The predicted molar refractivity (Wildman–Crippen MR) is 78.3 cm³/mol. The lowest BCUT2D eigenvalue weighted by atomic mass is 10.2. The van der Waals surface area contributed by atoms with Gasteiger partial charge in [0.15, 0.2) is 0 Å². The number of carbonyl (C=O) groups excluding carboxylic acids is 1. The van der Waals surface area contributed by atoms with Crippen molar-refractivity contribution in [3.8, 4) is 0 Å². The van der Waals surface area contributed by atoms with Crippen LogP contribution in [0.25, 0.3) is 10.1 Å². The molecule has 0 aliphatic rings. The molecule has 0 radical (unpaired) electrons. The van der Waals surface area contributed by atoms with Crippen molar-refractivity contribution in [2.24, 2.45) is 0 Å². The van der Waals surface area contributed by atoms with Crippen molar-refractivity contribution < 1.29 is 9.18 Å². The van der Waals surface area contributed by atoms with Crippen LogP contribution in [0.4, 0.5) is 4.39 Å². The Morgan fingerprint density at radius 1 is 1.32 bits per heavy atom. The zero-order valence-electron chi connectivity index (χ0n) is 11.0. The highest BCUT2D eigenvalue weighted by Crippen LogP contribution is 2.27. The monoisotopic (exact) mass is 279 g/mol. The van der Waals surface area contributed by atoms with Crippen LogP contribution in [0.1, 0.15) is 42.3 Å². The van der Waals surface area contributed by atoms with Gasteiger partial charge in [0, 0.05) is 16.6 Å². The molecule has 1 aromatic carbocycles. The third-order valence-electron chi connectivity index (χ3n) is 3.05. The molecule has 4 heteroatoms. The molecule has 19 heavy (non-hydrogen) atoms. The second kappa shape index (κ2) is 6.66. The zero-order chi connectivity index (χ0) is 13.7. The largest absolute Gasteiger partial charge is 0.351 e. The average molecular weight is 279 g/mol. The van der Waals surface area contributed by atoms with Crippen molar-refractivity contribution in [1.29, 1.82) is 0 Å². The summed E-state index contributed by atoms with van der Waals surface area (Å²) >= 11 is 1.34. The number of rotatable bonds is 6. The molecule has 0 bridgehead atoms.